The summed E-state index contributed by atoms with van der Waals surface area (Å²) in [6.07, 6.45) is 0. The van der Waals surface area contributed by atoms with Crippen LogP contribution in [-0.4, -0.2) is 39.2 Å². The number of hydrogen-bond acceptors (Lipinski definition) is 4. The molecule has 0 atom stereocenters. The third-order valence-electron chi connectivity index (χ3n) is 3.96. The van der Waals surface area contributed by atoms with Crippen LogP contribution in [0.25, 0.3) is 0 Å². The van der Waals surface area contributed by atoms with Gasteiger partial charge in [0, 0.05) is 37.5 Å². The summed E-state index contributed by atoms with van der Waals surface area (Å²) < 4.78 is 10.9. The number of carbonyl (C=O) groups excluding carboxylic acids is 1. The highest BCUT2D eigenvalue weighted by atomic mass is 127. The summed E-state index contributed by atoms with van der Waals surface area (Å²) in [6, 6.07) is 13.1. The van der Waals surface area contributed by atoms with Gasteiger partial charge in [-0.05, 0) is 43.7 Å². The maximum atomic E-state index is 11.8. The molecule has 7 nitrogen and oxygen atoms in total. The minimum absolute atomic E-state index is 0. The van der Waals surface area contributed by atoms with Gasteiger partial charge in [0.15, 0.2) is 17.5 Å². The average molecular weight is 512 g/mol. The minimum Gasteiger partial charge on any atom is -0.493 e. The Morgan fingerprint density at radius 2 is 1.76 bits per heavy atom. The fourth-order valence-corrected chi connectivity index (χ4v) is 2.56. The van der Waals surface area contributed by atoms with Crippen LogP contribution in [0.1, 0.15) is 29.8 Å². The van der Waals surface area contributed by atoms with Crippen LogP contribution in [0.15, 0.2) is 47.5 Å². The molecule has 0 aliphatic rings. The van der Waals surface area contributed by atoms with Crippen LogP contribution in [0, 0.1) is 0 Å². The number of halogens is 1. The van der Waals surface area contributed by atoms with E-state index < -0.39 is 0 Å². The first-order valence-electron chi connectivity index (χ1n) is 9.26. The van der Waals surface area contributed by atoms with Crippen LogP contribution in [0.3, 0.4) is 0 Å². The van der Waals surface area contributed by atoms with Crippen molar-refractivity contribution in [1.82, 2.24) is 10.6 Å². The molecule has 29 heavy (non-hydrogen) atoms. The summed E-state index contributed by atoms with van der Waals surface area (Å²) in [4.78, 5) is 16.1. The summed E-state index contributed by atoms with van der Waals surface area (Å²) in [5, 5.41) is 9.28. The van der Waals surface area contributed by atoms with Gasteiger partial charge in [0.25, 0.3) is 5.91 Å². The lowest BCUT2D eigenvalue weighted by atomic mass is 10.1. The molecule has 0 fully saturated rings. The number of guanidine groups is 1. The topological polar surface area (TPSA) is 84.0 Å². The third-order valence-corrected chi connectivity index (χ3v) is 3.96. The lowest BCUT2D eigenvalue weighted by Gasteiger charge is -2.15. The standard InChI is InChI=1S/C21H28N4O3.HI/c1-5-23-20(26)16-9-7-15(8-10-16)14-24-21(22-3)25-17-11-12-18(27-4)19(13-17)28-6-2;/h7-13H,5-6,14H2,1-4H3,(H,23,26)(H2,22,24,25);1H. The first kappa shape index (κ1) is 24.5. The fourth-order valence-electron chi connectivity index (χ4n) is 2.56. The Morgan fingerprint density at radius 3 is 2.34 bits per heavy atom. The predicted molar refractivity (Wildman–Crippen MR) is 128 cm³/mol. The maximum Gasteiger partial charge on any atom is 0.251 e. The molecular formula is C21H29IN4O3. The van der Waals surface area contributed by atoms with Crippen LogP contribution in [0.5, 0.6) is 11.5 Å². The highest BCUT2D eigenvalue weighted by molar-refractivity contribution is 14.0. The van der Waals surface area contributed by atoms with Crippen LogP contribution in [-0.2, 0) is 6.54 Å². The number of carbonyl (C=O) groups is 1. The van der Waals surface area contributed by atoms with E-state index in [0.717, 1.165) is 11.3 Å². The van der Waals surface area contributed by atoms with E-state index >= 15 is 0 Å². The van der Waals surface area contributed by atoms with Gasteiger partial charge in [-0.3, -0.25) is 9.79 Å². The average Bonchev–Trinajstić information content (AvgIpc) is 2.72. The second kappa shape index (κ2) is 12.9. The number of nitrogens with one attached hydrogen (secondary N) is 3. The number of benzene rings is 2. The van der Waals surface area contributed by atoms with E-state index in [1.807, 2.05) is 56.3 Å². The smallest absolute Gasteiger partial charge is 0.251 e. The Labute approximate surface area is 189 Å². The van der Waals surface area contributed by atoms with Crippen LogP contribution in [0.4, 0.5) is 5.69 Å². The SMILES string of the molecule is CCNC(=O)c1ccc(CNC(=NC)Nc2ccc(OC)c(OCC)c2)cc1.I. The van der Waals surface area contributed by atoms with Crippen molar-refractivity contribution in [2.45, 2.75) is 20.4 Å². The summed E-state index contributed by atoms with van der Waals surface area (Å²) in [6.45, 7) is 5.57. The van der Waals surface area contributed by atoms with Crippen molar-refractivity contribution in [3.63, 3.8) is 0 Å². The molecule has 0 saturated carbocycles. The summed E-state index contributed by atoms with van der Waals surface area (Å²) in [5.74, 6) is 1.92. The number of hydrogen-bond donors (Lipinski definition) is 3. The fraction of sp³-hybridized carbons (Fsp3) is 0.333. The second-order valence-electron chi connectivity index (χ2n) is 5.91. The van der Waals surface area contributed by atoms with Crippen molar-refractivity contribution in [2.75, 3.05) is 32.6 Å². The highest BCUT2D eigenvalue weighted by Gasteiger charge is 2.08. The Morgan fingerprint density at radius 1 is 1.03 bits per heavy atom. The molecule has 0 unspecified atom stereocenters. The normalized spacial score (nSPS) is 10.6. The van der Waals surface area contributed by atoms with Crippen molar-refractivity contribution in [3.8, 4) is 11.5 Å². The molecule has 158 valence electrons. The van der Waals surface area contributed by atoms with Crippen molar-refractivity contribution in [1.29, 1.82) is 0 Å². The van der Waals surface area contributed by atoms with E-state index in [4.69, 9.17) is 9.47 Å². The van der Waals surface area contributed by atoms with Crippen molar-refractivity contribution in [2.24, 2.45) is 4.99 Å². The molecule has 0 radical (unpaired) electrons. The zero-order valence-corrected chi connectivity index (χ0v) is 19.6. The quantitative estimate of drug-likeness (QED) is 0.286. The number of nitrogens with zero attached hydrogens (tertiary/aromatic N) is 1. The molecule has 0 aromatic heterocycles. The van der Waals surface area contributed by atoms with Gasteiger partial charge in [-0.15, -0.1) is 24.0 Å². The van der Waals surface area contributed by atoms with Crippen LogP contribution < -0.4 is 25.4 Å². The largest absolute Gasteiger partial charge is 0.493 e. The monoisotopic (exact) mass is 512 g/mol. The maximum absolute atomic E-state index is 11.8. The Hall–Kier alpha value is -2.49. The number of rotatable bonds is 8. The highest BCUT2D eigenvalue weighted by Crippen LogP contribution is 2.30. The molecule has 0 spiro atoms. The Balaban J connectivity index is 0.00000420. The van der Waals surface area contributed by atoms with E-state index in [9.17, 15) is 4.79 Å². The predicted octanol–water partition coefficient (Wildman–Crippen LogP) is 3.65. The molecule has 0 aliphatic carbocycles. The number of ether oxygens (including phenoxy) is 2. The zero-order chi connectivity index (χ0) is 20.4. The Kier molecular flexibility index (Phi) is 10.9. The second-order valence-corrected chi connectivity index (χ2v) is 5.91. The molecule has 2 rings (SSSR count). The van der Waals surface area contributed by atoms with E-state index in [2.05, 4.69) is 20.9 Å². The molecule has 0 heterocycles. The van der Waals surface area contributed by atoms with Gasteiger partial charge in [-0.1, -0.05) is 12.1 Å². The molecule has 0 aliphatic heterocycles. The van der Waals surface area contributed by atoms with Gasteiger partial charge < -0.3 is 25.4 Å². The van der Waals surface area contributed by atoms with E-state index in [-0.39, 0.29) is 29.9 Å². The van der Waals surface area contributed by atoms with E-state index in [1.165, 1.54) is 0 Å². The first-order valence-corrected chi connectivity index (χ1v) is 9.26. The van der Waals surface area contributed by atoms with Gasteiger partial charge in [0.1, 0.15) is 0 Å². The van der Waals surface area contributed by atoms with Gasteiger partial charge in [0.2, 0.25) is 0 Å². The number of methoxy groups -OCH3 is 1. The molecule has 3 N–H and O–H groups in total. The molecule has 1 amide bonds. The third kappa shape index (κ3) is 7.45. The molecule has 8 heteroatoms. The lowest BCUT2D eigenvalue weighted by molar-refractivity contribution is 0.0956. The van der Waals surface area contributed by atoms with E-state index in [0.29, 0.717) is 42.7 Å². The summed E-state index contributed by atoms with van der Waals surface area (Å²) in [7, 11) is 3.32. The molecule has 2 aromatic rings. The Bertz CT molecular complexity index is 810. The summed E-state index contributed by atoms with van der Waals surface area (Å²) >= 11 is 0. The number of amides is 1. The van der Waals surface area contributed by atoms with E-state index in [1.54, 1.807) is 14.2 Å². The lowest BCUT2D eigenvalue weighted by Crippen LogP contribution is -2.30. The molecule has 0 saturated heterocycles. The van der Waals surface area contributed by atoms with Crippen LogP contribution >= 0.6 is 24.0 Å². The van der Waals surface area contributed by atoms with Gasteiger partial charge in [-0.2, -0.15) is 0 Å². The molecule has 0 bridgehead atoms. The van der Waals surface area contributed by atoms with Crippen molar-refractivity contribution >= 4 is 41.5 Å². The van der Waals surface area contributed by atoms with Gasteiger partial charge in [-0.25, -0.2) is 0 Å². The summed E-state index contributed by atoms with van der Waals surface area (Å²) in [5.41, 5.74) is 2.53. The van der Waals surface area contributed by atoms with Crippen molar-refractivity contribution < 1.29 is 14.3 Å². The van der Waals surface area contributed by atoms with Gasteiger partial charge in [0.05, 0.1) is 13.7 Å². The number of aliphatic imine (C=N–C) groups is 1. The van der Waals surface area contributed by atoms with Crippen LogP contribution in [0.2, 0.25) is 0 Å². The molecular weight excluding hydrogens is 483 g/mol. The van der Waals surface area contributed by atoms with Gasteiger partial charge >= 0.3 is 0 Å². The van der Waals surface area contributed by atoms with Crippen molar-refractivity contribution in [3.05, 3.63) is 53.6 Å². The zero-order valence-electron chi connectivity index (χ0n) is 17.2. The molecule has 2 aromatic carbocycles. The minimum atomic E-state index is -0.0657. The number of anilines is 1. The first-order chi connectivity index (χ1) is 13.6.